The Hall–Kier alpha value is -2.27. The van der Waals surface area contributed by atoms with Crippen molar-refractivity contribution in [3.63, 3.8) is 0 Å². The van der Waals surface area contributed by atoms with Crippen LogP contribution in [-0.4, -0.2) is 24.3 Å². The summed E-state index contributed by atoms with van der Waals surface area (Å²) in [5.74, 6) is -0.667. The molecule has 0 radical (unpaired) electrons. The topological polar surface area (TPSA) is 124 Å². The fraction of sp³-hybridized carbons (Fsp3) is 0.0714. The van der Waals surface area contributed by atoms with E-state index in [1.807, 2.05) is 10.3 Å². The first-order valence-electron chi connectivity index (χ1n) is 6.80. The molecule has 0 saturated carbocycles. The number of hydrogen-bond donors (Lipinski definition) is 4. The van der Waals surface area contributed by atoms with Gasteiger partial charge in [0.2, 0.25) is 5.91 Å². The Morgan fingerprint density at radius 3 is 2.56 bits per heavy atom. The third-order valence-electron chi connectivity index (χ3n) is 2.81. The lowest BCUT2D eigenvalue weighted by molar-refractivity contribution is -0.120. The van der Waals surface area contributed by atoms with Crippen LogP contribution >= 0.6 is 23.8 Å². The molecule has 8 nitrogen and oxygen atoms in total. The average molecular weight is 401 g/mol. The molecule has 0 aliphatic rings. The number of rotatable bonds is 6. The Kier molecular flexibility index (Phi) is 6.26. The van der Waals surface area contributed by atoms with E-state index in [-0.39, 0.29) is 16.9 Å². The van der Waals surface area contributed by atoms with Crippen molar-refractivity contribution in [1.29, 1.82) is 0 Å². The highest BCUT2D eigenvalue weighted by molar-refractivity contribution is 7.92. The molecule has 0 saturated heterocycles. The van der Waals surface area contributed by atoms with Gasteiger partial charge in [-0.1, -0.05) is 23.7 Å². The summed E-state index contributed by atoms with van der Waals surface area (Å²) >= 11 is 10.5. The molecule has 0 bridgehead atoms. The van der Waals surface area contributed by atoms with Gasteiger partial charge >= 0.3 is 0 Å². The molecule has 1 aromatic carbocycles. The van der Waals surface area contributed by atoms with E-state index in [9.17, 15) is 18.0 Å². The smallest absolute Gasteiger partial charge is 0.251 e. The van der Waals surface area contributed by atoms with Crippen LogP contribution in [0.4, 0.5) is 0 Å². The van der Waals surface area contributed by atoms with Crippen LogP contribution in [0.15, 0.2) is 40.5 Å². The number of carbonyl (C=O) groups excluding carboxylic acids is 1. The third kappa shape index (κ3) is 6.63. The van der Waals surface area contributed by atoms with Crippen LogP contribution in [0.1, 0.15) is 11.3 Å². The summed E-state index contributed by atoms with van der Waals surface area (Å²) in [7, 11) is -3.89. The molecule has 0 spiro atoms. The predicted molar refractivity (Wildman–Crippen MR) is 96.6 cm³/mol. The van der Waals surface area contributed by atoms with Gasteiger partial charge in [0.1, 0.15) is 0 Å². The number of amides is 1. The van der Waals surface area contributed by atoms with Crippen molar-refractivity contribution in [1.82, 2.24) is 20.2 Å². The third-order valence-corrected chi connectivity index (χ3v) is 4.15. The molecule has 1 amide bonds. The lowest BCUT2D eigenvalue weighted by Gasteiger charge is -2.05. The fourth-order valence-corrected chi connectivity index (χ4v) is 2.75. The monoisotopic (exact) mass is 400 g/mol. The predicted octanol–water partition coefficient (Wildman–Crippen LogP) is 1.25. The number of hydrazine groups is 1. The second-order valence-corrected chi connectivity index (χ2v) is 7.25. The van der Waals surface area contributed by atoms with Gasteiger partial charge in [-0.15, -0.1) is 4.83 Å². The number of H-pyrrole nitrogens is 2. The molecule has 25 heavy (non-hydrogen) atoms. The number of sulfonamides is 1. The molecule has 0 fully saturated rings. The van der Waals surface area contributed by atoms with Gasteiger partial charge in [-0.05, 0) is 36.0 Å². The zero-order valence-corrected chi connectivity index (χ0v) is 15.0. The van der Waals surface area contributed by atoms with E-state index >= 15 is 0 Å². The first-order valence-corrected chi connectivity index (χ1v) is 9.13. The van der Waals surface area contributed by atoms with E-state index in [0.29, 0.717) is 10.6 Å². The number of halogens is 1. The standard InChI is InChI=1S/C14H13ClN4O4S2/c15-10-3-1-9(2-4-10)5-6-25(22,23)19-18-13(21)8-11-7-12(20)17-14(24)16-11/h1-7,19H,8H2,(H,18,21)(H2,16,17,20,24)/b6-5+. The maximum Gasteiger partial charge on any atom is 0.251 e. The van der Waals surface area contributed by atoms with Crippen molar-refractivity contribution in [2.45, 2.75) is 6.42 Å². The largest absolute Gasteiger partial charge is 0.335 e. The van der Waals surface area contributed by atoms with Crippen LogP contribution in [-0.2, 0) is 21.2 Å². The van der Waals surface area contributed by atoms with Crippen molar-refractivity contribution in [2.24, 2.45) is 0 Å². The molecule has 0 aliphatic carbocycles. The van der Waals surface area contributed by atoms with Gasteiger partial charge < -0.3 is 4.98 Å². The molecule has 0 atom stereocenters. The molecule has 4 N–H and O–H groups in total. The Balaban J connectivity index is 1.94. The highest BCUT2D eigenvalue weighted by Gasteiger charge is 2.09. The molecule has 0 unspecified atom stereocenters. The number of nitrogens with one attached hydrogen (secondary N) is 4. The van der Waals surface area contributed by atoms with Crippen LogP contribution in [0.25, 0.3) is 6.08 Å². The van der Waals surface area contributed by atoms with Crippen molar-refractivity contribution < 1.29 is 13.2 Å². The number of hydrogen-bond acceptors (Lipinski definition) is 5. The number of benzene rings is 1. The normalized spacial score (nSPS) is 11.6. The van der Waals surface area contributed by atoms with E-state index in [1.54, 1.807) is 24.3 Å². The zero-order valence-electron chi connectivity index (χ0n) is 12.6. The van der Waals surface area contributed by atoms with Gasteiger partial charge in [-0.3, -0.25) is 20.0 Å². The summed E-state index contributed by atoms with van der Waals surface area (Å²) in [5.41, 5.74) is 2.45. The molecule has 1 aromatic heterocycles. The SMILES string of the molecule is O=C(Cc1cc(=O)[nH]c(=S)[nH]1)NNS(=O)(=O)/C=C/c1ccc(Cl)cc1. The Bertz CT molecular complexity index is 982. The van der Waals surface area contributed by atoms with Gasteiger partial charge in [0.05, 0.1) is 6.42 Å². The molecular weight excluding hydrogens is 388 g/mol. The summed E-state index contributed by atoms with van der Waals surface area (Å²) in [6, 6.07) is 7.68. The van der Waals surface area contributed by atoms with E-state index in [1.165, 1.54) is 6.08 Å². The first-order chi connectivity index (χ1) is 11.7. The summed E-state index contributed by atoms with van der Waals surface area (Å²) in [6.07, 6.45) is 1.09. The summed E-state index contributed by atoms with van der Waals surface area (Å²) in [4.78, 5) is 29.9. The average Bonchev–Trinajstić information content (AvgIpc) is 2.52. The maximum absolute atomic E-state index is 11.8. The molecule has 1 heterocycles. The first kappa shape index (κ1) is 19.1. The van der Waals surface area contributed by atoms with Crippen LogP contribution in [0, 0.1) is 4.77 Å². The number of aromatic amines is 2. The summed E-state index contributed by atoms with van der Waals surface area (Å²) in [6.45, 7) is 0. The molecule has 0 aliphatic heterocycles. The second kappa shape index (κ2) is 8.21. The quantitative estimate of drug-likeness (QED) is 0.429. The molecule has 11 heteroatoms. The van der Waals surface area contributed by atoms with Crippen LogP contribution in [0.3, 0.4) is 0 Å². The van der Waals surface area contributed by atoms with Gasteiger partial charge in [0, 0.05) is 22.2 Å². The van der Waals surface area contributed by atoms with Gasteiger partial charge in [0.25, 0.3) is 15.6 Å². The number of aromatic nitrogens is 2. The molecule has 2 rings (SSSR count). The summed E-state index contributed by atoms with van der Waals surface area (Å²) in [5, 5.41) is 1.43. The minimum atomic E-state index is -3.89. The van der Waals surface area contributed by atoms with E-state index in [2.05, 4.69) is 9.97 Å². The van der Waals surface area contributed by atoms with E-state index in [4.69, 9.17) is 23.8 Å². The minimum Gasteiger partial charge on any atom is -0.335 e. The maximum atomic E-state index is 11.8. The molecule has 2 aromatic rings. The second-order valence-electron chi connectivity index (χ2n) is 4.84. The van der Waals surface area contributed by atoms with Crippen molar-refractivity contribution in [3.8, 4) is 0 Å². The van der Waals surface area contributed by atoms with Gasteiger partial charge in [0.15, 0.2) is 4.77 Å². The van der Waals surface area contributed by atoms with E-state index in [0.717, 1.165) is 11.5 Å². The Labute approximate surface area is 153 Å². The Morgan fingerprint density at radius 2 is 1.92 bits per heavy atom. The van der Waals surface area contributed by atoms with Crippen LogP contribution in [0.5, 0.6) is 0 Å². The van der Waals surface area contributed by atoms with Crippen molar-refractivity contribution in [2.75, 3.05) is 0 Å². The Morgan fingerprint density at radius 1 is 1.24 bits per heavy atom. The van der Waals surface area contributed by atoms with Crippen LogP contribution in [0.2, 0.25) is 5.02 Å². The zero-order chi connectivity index (χ0) is 18.4. The molecule has 132 valence electrons. The van der Waals surface area contributed by atoms with Gasteiger partial charge in [-0.2, -0.15) is 0 Å². The number of carbonyl (C=O) groups is 1. The van der Waals surface area contributed by atoms with Gasteiger partial charge in [-0.25, -0.2) is 8.42 Å². The minimum absolute atomic E-state index is 0.0711. The lowest BCUT2D eigenvalue weighted by atomic mass is 10.2. The summed E-state index contributed by atoms with van der Waals surface area (Å²) < 4.78 is 23.7. The highest BCUT2D eigenvalue weighted by Crippen LogP contribution is 2.10. The molecular formula is C14H13ClN4O4S2. The van der Waals surface area contributed by atoms with Crippen LogP contribution < -0.4 is 15.8 Å². The van der Waals surface area contributed by atoms with E-state index < -0.39 is 21.5 Å². The fourth-order valence-electron chi connectivity index (χ4n) is 1.74. The van der Waals surface area contributed by atoms with Crippen molar-refractivity contribution >= 4 is 45.8 Å². The van der Waals surface area contributed by atoms with Crippen molar-refractivity contribution in [3.05, 3.63) is 67.1 Å². The lowest BCUT2D eigenvalue weighted by Crippen LogP contribution is -2.41. The highest BCUT2D eigenvalue weighted by atomic mass is 35.5.